The second kappa shape index (κ2) is 3.79. The Labute approximate surface area is 71.7 Å². The Morgan fingerprint density at radius 3 is 2.36 bits per heavy atom. The van der Waals surface area contributed by atoms with E-state index in [1.807, 2.05) is 24.3 Å². The summed E-state index contributed by atoms with van der Waals surface area (Å²) in [5, 5.41) is 0. The van der Waals surface area contributed by atoms with Crippen LogP contribution in [0.4, 0.5) is 0 Å². The van der Waals surface area contributed by atoms with Crippen LogP contribution in [0.2, 0.25) is 0 Å². The van der Waals surface area contributed by atoms with Crippen LogP contribution >= 0.6 is 12.0 Å². The van der Waals surface area contributed by atoms with Crippen LogP contribution in [0.5, 0.6) is 0 Å². The molecule has 0 heterocycles. The van der Waals surface area contributed by atoms with Crippen LogP contribution in [0.3, 0.4) is 0 Å². The quantitative estimate of drug-likeness (QED) is 0.683. The Morgan fingerprint density at radius 1 is 1.27 bits per heavy atom. The number of rotatable bonds is 2. The fourth-order valence-corrected chi connectivity index (χ4v) is 1.59. The lowest BCUT2D eigenvalue weighted by molar-refractivity contribution is 0.661. The summed E-state index contributed by atoms with van der Waals surface area (Å²) in [5.41, 5.74) is 1.21. The van der Waals surface area contributed by atoms with Crippen molar-refractivity contribution < 1.29 is 4.55 Å². The van der Waals surface area contributed by atoms with E-state index in [-0.39, 0.29) is 0 Å². The SMILES string of the molecule is CC(C)c1ccccc1SO. The molecule has 1 N–H and O–H groups in total. The minimum atomic E-state index is 0.478. The van der Waals surface area contributed by atoms with Gasteiger partial charge in [-0.15, -0.1) is 0 Å². The van der Waals surface area contributed by atoms with Crippen LogP contribution in [0.25, 0.3) is 0 Å². The van der Waals surface area contributed by atoms with Crippen LogP contribution in [-0.4, -0.2) is 4.55 Å². The molecule has 0 unspecified atom stereocenters. The van der Waals surface area contributed by atoms with Crippen molar-refractivity contribution in [2.24, 2.45) is 0 Å². The summed E-state index contributed by atoms with van der Waals surface area (Å²) in [6.07, 6.45) is 0. The maximum atomic E-state index is 8.88. The van der Waals surface area contributed by atoms with E-state index < -0.39 is 0 Å². The van der Waals surface area contributed by atoms with E-state index in [9.17, 15) is 0 Å². The fraction of sp³-hybridized carbons (Fsp3) is 0.333. The molecule has 0 fully saturated rings. The van der Waals surface area contributed by atoms with Gasteiger partial charge < -0.3 is 4.55 Å². The summed E-state index contributed by atoms with van der Waals surface area (Å²) in [4.78, 5) is 0.961. The van der Waals surface area contributed by atoms with Crippen molar-refractivity contribution in [3.05, 3.63) is 29.8 Å². The standard InChI is InChI=1S/C9H12OS/c1-7(2)8-5-3-4-6-9(8)11-10/h3-7,10H,1-2H3. The van der Waals surface area contributed by atoms with Gasteiger partial charge in [0.05, 0.1) is 0 Å². The van der Waals surface area contributed by atoms with Gasteiger partial charge in [0.15, 0.2) is 0 Å². The summed E-state index contributed by atoms with van der Waals surface area (Å²) in [6, 6.07) is 7.91. The van der Waals surface area contributed by atoms with Gasteiger partial charge in [-0.1, -0.05) is 32.0 Å². The van der Waals surface area contributed by atoms with Crippen molar-refractivity contribution in [3.8, 4) is 0 Å². The Balaban J connectivity index is 3.02. The van der Waals surface area contributed by atoms with Gasteiger partial charge in [0.2, 0.25) is 0 Å². The highest BCUT2D eigenvalue weighted by Gasteiger charge is 2.04. The van der Waals surface area contributed by atoms with Gasteiger partial charge in [-0.25, -0.2) is 0 Å². The maximum absolute atomic E-state index is 8.88. The topological polar surface area (TPSA) is 20.2 Å². The summed E-state index contributed by atoms with van der Waals surface area (Å²) in [5.74, 6) is 0.478. The molecule has 1 aromatic rings. The molecule has 0 aromatic heterocycles. The van der Waals surface area contributed by atoms with Crippen molar-refractivity contribution in [1.29, 1.82) is 0 Å². The lowest BCUT2D eigenvalue weighted by Gasteiger charge is -2.08. The van der Waals surface area contributed by atoms with Crippen molar-refractivity contribution in [2.75, 3.05) is 0 Å². The molecule has 0 aliphatic carbocycles. The summed E-state index contributed by atoms with van der Waals surface area (Å²) in [7, 11) is 0. The molecule has 0 saturated carbocycles. The first-order valence-corrected chi connectivity index (χ1v) is 4.43. The Morgan fingerprint density at radius 2 is 1.91 bits per heavy atom. The second-order valence-electron chi connectivity index (χ2n) is 2.78. The molecule has 1 nitrogen and oxygen atoms in total. The number of hydrogen-bond donors (Lipinski definition) is 1. The van der Waals surface area contributed by atoms with Crippen molar-refractivity contribution in [3.63, 3.8) is 0 Å². The van der Waals surface area contributed by atoms with Crippen LogP contribution in [0.1, 0.15) is 25.3 Å². The molecule has 1 aromatic carbocycles. The molecule has 0 bridgehead atoms. The van der Waals surface area contributed by atoms with Gasteiger partial charge in [0.1, 0.15) is 0 Å². The molecule has 0 atom stereocenters. The third-order valence-corrected chi connectivity index (χ3v) is 2.21. The Kier molecular flexibility index (Phi) is 2.97. The first-order chi connectivity index (χ1) is 5.25. The van der Waals surface area contributed by atoms with E-state index in [0.717, 1.165) is 16.9 Å². The predicted octanol–water partition coefficient (Wildman–Crippen LogP) is 3.38. The second-order valence-corrected chi connectivity index (χ2v) is 3.41. The molecule has 0 saturated heterocycles. The molecule has 0 aliphatic heterocycles. The lowest BCUT2D eigenvalue weighted by Crippen LogP contribution is -1.89. The smallest absolute Gasteiger partial charge is 0.0385 e. The van der Waals surface area contributed by atoms with Gasteiger partial charge in [0.25, 0.3) is 0 Å². The molecule has 0 radical (unpaired) electrons. The molecule has 11 heavy (non-hydrogen) atoms. The van der Waals surface area contributed by atoms with Gasteiger partial charge in [-0.05, 0) is 17.5 Å². The first-order valence-electron chi connectivity index (χ1n) is 3.66. The third kappa shape index (κ3) is 1.98. The first kappa shape index (κ1) is 8.62. The zero-order chi connectivity index (χ0) is 8.27. The molecular formula is C9H12OS. The predicted molar refractivity (Wildman–Crippen MR) is 49.0 cm³/mol. The average Bonchev–Trinajstić information content (AvgIpc) is 2.04. The monoisotopic (exact) mass is 168 g/mol. The zero-order valence-electron chi connectivity index (χ0n) is 6.74. The minimum Gasteiger partial charge on any atom is -0.325 e. The summed E-state index contributed by atoms with van der Waals surface area (Å²) >= 11 is 0.824. The molecule has 0 aliphatic rings. The van der Waals surface area contributed by atoms with Crippen LogP contribution in [-0.2, 0) is 0 Å². The Bertz CT molecular complexity index is 233. The van der Waals surface area contributed by atoms with Crippen LogP contribution in [0, 0.1) is 0 Å². The largest absolute Gasteiger partial charge is 0.325 e. The van der Waals surface area contributed by atoms with E-state index >= 15 is 0 Å². The zero-order valence-corrected chi connectivity index (χ0v) is 7.56. The average molecular weight is 168 g/mol. The molecule has 60 valence electrons. The van der Waals surface area contributed by atoms with Crippen LogP contribution in [0.15, 0.2) is 29.2 Å². The number of hydrogen-bond acceptors (Lipinski definition) is 2. The van der Waals surface area contributed by atoms with E-state index in [1.165, 1.54) is 5.56 Å². The van der Waals surface area contributed by atoms with Gasteiger partial charge in [-0.2, -0.15) is 0 Å². The van der Waals surface area contributed by atoms with Crippen molar-refractivity contribution in [2.45, 2.75) is 24.7 Å². The lowest BCUT2D eigenvalue weighted by atomic mass is 10.0. The van der Waals surface area contributed by atoms with Gasteiger partial charge in [-0.3, -0.25) is 0 Å². The van der Waals surface area contributed by atoms with E-state index in [0.29, 0.717) is 5.92 Å². The van der Waals surface area contributed by atoms with Crippen molar-refractivity contribution >= 4 is 12.0 Å². The highest BCUT2D eigenvalue weighted by Crippen LogP contribution is 2.25. The maximum Gasteiger partial charge on any atom is 0.0385 e. The van der Waals surface area contributed by atoms with E-state index in [1.54, 1.807) is 0 Å². The minimum absolute atomic E-state index is 0.478. The number of benzene rings is 1. The van der Waals surface area contributed by atoms with Gasteiger partial charge >= 0.3 is 0 Å². The normalized spacial score (nSPS) is 10.5. The summed E-state index contributed by atoms with van der Waals surface area (Å²) < 4.78 is 8.88. The molecular weight excluding hydrogens is 156 g/mol. The molecule has 0 spiro atoms. The van der Waals surface area contributed by atoms with E-state index in [2.05, 4.69) is 13.8 Å². The Hall–Kier alpha value is -0.470. The fourth-order valence-electron chi connectivity index (χ4n) is 1.04. The molecule has 1 rings (SSSR count). The molecule has 2 heteroatoms. The third-order valence-electron chi connectivity index (χ3n) is 1.64. The van der Waals surface area contributed by atoms with Gasteiger partial charge in [0, 0.05) is 16.9 Å². The van der Waals surface area contributed by atoms with E-state index in [4.69, 9.17) is 4.55 Å². The van der Waals surface area contributed by atoms with Crippen molar-refractivity contribution in [1.82, 2.24) is 0 Å². The summed E-state index contributed by atoms with van der Waals surface area (Å²) in [6.45, 7) is 4.24. The highest BCUT2D eigenvalue weighted by molar-refractivity contribution is 7.93. The molecule has 0 amide bonds. The van der Waals surface area contributed by atoms with Crippen LogP contribution < -0.4 is 0 Å². The highest BCUT2D eigenvalue weighted by atomic mass is 32.2.